The van der Waals surface area contributed by atoms with E-state index in [2.05, 4.69) is 5.32 Å². The van der Waals surface area contributed by atoms with E-state index in [1.54, 1.807) is 12.1 Å². The van der Waals surface area contributed by atoms with Crippen LogP contribution in [0.5, 0.6) is 0 Å². The molecule has 1 aliphatic heterocycles. The molecule has 0 spiro atoms. The van der Waals surface area contributed by atoms with Gasteiger partial charge in [0.2, 0.25) is 5.78 Å². The van der Waals surface area contributed by atoms with Crippen LogP contribution in [0.15, 0.2) is 66.2 Å². The Labute approximate surface area is 193 Å². The van der Waals surface area contributed by atoms with Crippen molar-refractivity contribution in [3.05, 3.63) is 105 Å². The molecule has 1 aliphatic rings. The second kappa shape index (κ2) is 8.96. The summed E-state index contributed by atoms with van der Waals surface area (Å²) in [5.41, 5.74) is 1.62. The number of benzene rings is 3. The zero-order chi connectivity index (χ0) is 23.7. The molecule has 5 nitrogen and oxygen atoms in total. The van der Waals surface area contributed by atoms with Crippen LogP contribution in [0.3, 0.4) is 0 Å². The number of carbonyl (C=O) groups excluding carboxylic acids is 3. The van der Waals surface area contributed by atoms with Crippen molar-refractivity contribution in [3.8, 4) is 0 Å². The number of amides is 2. The van der Waals surface area contributed by atoms with Crippen molar-refractivity contribution in [2.75, 3.05) is 11.9 Å². The van der Waals surface area contributed by atoms with Gasteiger partial charge in [0.05, 0.1) is 16.3 Å². The van der Waals surface area contributed by atoms with Crippen LogP contribution < -0.4 is 10.2 Å². The summed E-state index contributed by atoms with van der Waals surface area (Å²) in [5, 5.41) is 2.64. The first kappa shape index (κ1) is 22.4. The number of carbonyl (C=O) groups is 3. The Hall–Kier alpha value is -3.84. The summed E-state index contributed by atoms with van der Waals surface area (Å²) in [6.45, 7) is 0.176. The van der Waals surface area contributed by atoms with Gasteiger partial charge in [0, 0.05) is 24.7 Å². The Balaban J connectivity index is 1.62. The van der Waals surface area contributed by atoms with E-state index in [1.165, 1.54) is 60.5 Å². The molecular weight excluding hydrogens is 450 g/mol. The van der Waals surface area contributed by atoms with Crippen molar-refractivity contribution in [1.29, 1.82) is 0 Å². The predicted octanol–water partition coefficient (Wildman–Crippen LogP) is 4.79. The Morgan fingerprint density at radius 1 is 1.03 bits per heavy atom. The van der Waals surface area contributed by atoms with Crippen LogP contribution in [-0.2, 0) is 11.3 Å². The molecule has 3 aromatic rings. The summed E-state index contributed by atoms with van der Waals surface area (Å²) < 4.78 is 26.8. The van der Waals surface area contributed by atoms with Crippen molar-refractivity contribution < 1.29 is 23.2 Å². The quantitative estimate of drug-likeness (QED) is 0.444. The molecule has 0 aliphatic carbocycles. The smallest absolute Gasteiger partial charge is 0.262 e. The minimum atomic E-state index is -0.671. The maximum atomic E-state index is 13.8. The topological polar surface area (TPSA) is 66.5 Å². The van der Waals surface area contributed by atoms with Gasteiger partial charge in [0.1, 0.15) is 11.6 Å². The van der Waals surface area contributed by atoms with Crippen LogP contribution in [-0.4, -0.2) is 24.6 Å². The van der Waals surface area contributed by atoms with Crippen LogP contribution in [0.4, 0.5) is 14.5 Å². The van der Waals surface area contributed by atoms with E-state index >= 15 is 0 Å². The largest absolute Gasteiger partial charge is 0.348 e. The molecule has 0 fully saturated rings. The fourth-order valence-corrected chi connectivity index (χ4v) is 3.58. The Bertz CT molecular complexity index is 1320. The lowest BCUT2D eigenvalue weighted by atomic mass is 9.92. The van der Waals surface area contributed by atoms with Gasteiger partial charge in [-0.25, -0.2) is 8.78 Å². The summed E-state index contributed by atoms with van der Waals surface area (Å²) in [4.78, 5) is 39.8. The van der Waals surface area contributed by atoms with Gasteiger partial charge in [-0.05, 0) is 59.7 Å². The van der Waals surface area contributed by atoms with Crippen LogP contribution in [0.2, 0.25) is 5.02 Å². The fraction of sp³-hybridized carbons (Fsp3) is 0.0800. The number of nitrogens with zero attached hydrogens (tertiary/aromatic N) is 1. The molecule has 1 heterocycles. The number of likely N-dealkylation sites (N-methyl/N-ethyl adjacent to an activating group) is 1. The maximum Gasteiger partial charge on any atom is 0.262 e. The van der Waals surface area contributed by atoms with Gasteiger partial charge in [-0.1, -0.05) is 29.8 Å². The van der Waals surface area contributed by atoms with Crippen molar-refractivity contribution in [3.63, 3.8) is 0 Å². The molecule has 0 aromatic heterocycles. The third kappa shape index (κ3) is 4.54. The number of hydrogen-bond acceptors (Lipinski definition) is 3. The summed E-state index contributed by atoms with van der Waals surface area (Å²) in [7, 11) is 1.51. The molecule has 166 valence electrons. The highest BCUT2D eigenvalue weighted by Gasteiger charge is 2.33. The van der Waals surface area contributed by atoms with Crippen LogP contribution in [0, 0.1) is 11.6 Å². The average Bonchev–Trinajstić information content (AvgIpc) is 2.81. The minimum absolute atomic E-state index is 0.0720. The fourth-order valence-electron chi connectivity index (χ4n) is 3.47. The van der Waals surface area contributed by atoms with Crippen molar-refractivity contribution in [2.24, 2.45) is 0 Å². The Morgan fingerprint density at radius 3 is 2.45 bits per heavy atom. The van der Waals surface area contributed by atoms with E-state index in [4.69, 9.17) is 11.6 Å². The van der Waals surface area contributed by atoms with Crippen LogP contribution in [0.1, 0.15) is 31.8 Å². The number of rotatable bonds is 4. The normalized spacial score (nSPS) is 14.4. The van der Waals surface area contributed by atoms with E-state index in [0.717, 1.165) is 6.07 Å². The van der Waals surface area contributed by atoms with Gasteiger partial charge >= 0.3 is 0 Å². The lowest BCUT2D eigenvalue weighted by molar-refractivity contribution is -0.114. The first-order valence-corrected chi connectivity index (χ1v) is 10.3. The standard InChI is InChI=1S/C25H17ClF2N2O3/c1-30-22-9-5-16(24(32)29-13-14-2-6-17(27)7-3-14)12-18(22)23(31)19(25(30)33)10-15-4-8-20(26)21(28)11-15/h2-12H,13H2,1H3,(H,29,32)/b19-10-. The van der Waals surface area contributed by atoms with Gasteiger partial charge in [-0.15, -0.1) is 0 Å². The molecule has 8 heteroatoms. The van der Waals surface area contributed by atoms with Gasteiger partial charge < -0.3 is 10.2 Å². The highest BCUT2D eigenvalue weighted by Crippen LogP contribution is 2.31. The molecule has 0 atom stereocenters. The number of hydrogen-bond donors (Lipinski definition) is 1. The number of Topliss-reactive ketones (excluding diaryl/α,β-unsaturated/α-hetero) is 1. The summed E-state index contributed by atoms with van der Waals surface area (Å²) in [5.74, 6) is -2.59. The number of anilines is 1. The number of ketones is 1. The van der Waals surface area contributed by atoms with Gasteiger partial charge in [-0.2, -0.15) is 0 Å². The van der Waals surface area contributed by atoms with Crippen molar-refractivity contribution in [2.45, 2.75) is 6.54 Å². The van der Waals surface area contributed by atoms with Gasteiger partial charge in [-0.3, -0.25) is 14.4 Å². The monoisotopic (exact) mass is 466 g/mol. The molecule has 0 saturated carbocycles. The summed E-state index contributed by atoms with van der Waals surface area (Å²) in [6, 6.07) is 14.1. The number of halogens is 3. The van der Waals surface area contributed by atoms with Gasteiger partial charge in [0.15, 0.2) is 0 Å². The first-order chi connectivity index (χ1) is 15.7. The highest BCUT2D eigenvalue weighted by molar-refractivity contribution is 6.36. The average molecular weight is 467 g/mol. The van der Waals surface area contributed by atoms with Gasteiger partial charge in [0.25, 0.3) is 11.8 Å². The molecule has 4 rings (SSSR count). The molecule has 0 bridgehead atoms. The highest BCUT2D eigenvalue weighted by atomic mass is 35.5. The maximum absolute atomic E-state index is 13.8. The van der Waals surface area contributed by atoms with Crippen molar-refractivity contribution >= 4 is 41.0 Å². The third-order valence-electron chi connectivity index (χ3n) is 5.27. The summed E-state index contributed by atoms with van der Waals surface area (Å²) in [6.07, 6.45) is 1.30. The van der Waals surface area contributed by atoms with E-state index in [-0.39, 0.29) is 34.1 Å². The van der Waals surface area contributed by atoms with E-state index in [1.807, 2.05) is 0 Å². The van der Waals surface area contributed by atoms with E-state index in [0.29, 0.717) is 16.8 Å². The molecule has 0 unspecified atom stereocenters. The molecule has 0 saturated heterocycles. The lowest BCUT2D eigenvalue weighted by Crippen LogP contribution is -2.37. The van der Waals surface area contributed by atoms with E-state index in [9.17, 15) is 23.2 Å². The second-order valence-electron chi connectivity index (χ2n) is 7.47. The van der Waals surface area contributed by atoms with Crippen LogP contribution in [0.25, 0.3) is 6.08 Å². The molecule has 3 aromatic carbocycles. The molecular formula is C25H17ClF2N2O3. The second-order valence-corrected chi connectivity index (χ2v) is 7.87. The SMILES string of the molecule is CN1C(=O)/C(=C\c2ccc(Cl)c(F)c2)C(=O)c2cc(C(=O)NCc3ccc(F)cc3)ccc21. The molecule has 2 amide bonds. The molecule has 0 radical (unpaired) electrons. The Kier molecular flexibility index (Phi) is 6.07. The zero-order valence-electron chi connectivity index (χ0n) is 17.4. The first-order valence-electron chi connectivity index (χ1n) is 9.91. The minimum Gasteiger partial charge on any atom is -0.348 e. The Morgan fingerprint density at radius 2 is 1.76 bits per heavy atom. The lowest BCUT2D eigenvalue weighted by Gasteiger charge is -2.27. The summed E-state index contributed by atoms with van der Waals surface area (Å²) >= 11 is 5.70. The van der Waals surface area contributed by atoms with Crippen LogP contribution >= 0.6 is 11.6 Å². The van der Waals surface area contributed by atoms with Crippen molar-refractivity contribution in [1.82, 2.24) is 5.32 Å². The van der Waals surface area contributed by atoms with E-state index < -0.39 is 23.4 Å². The third-order valence-corrected chi connectivity index (χ3v) is 5.57. The molecule has 1 N–H and O–H groups in total. The molecule has 33 heavy (non-hydrogen) atoms. The number of fused-ring (bicyclic) bond motifs is 1. The predicted molar refractivity (Wildman–Crippen MR) is 121 cm³/mol. The number of nitrogens with one attached hydrogen (secondary N) is 1. The zero-order valence-corrected chi connectivity index (χ0v) is 18.1.